The molecule has 188 valence electrons. The van der Waals surface area contributed by atoms with Gasteiger partial charge in [0.05, 0.1) is 0 Å². The number of thiocarbonyl (C=S) groups is 1. The van der Waals surface area contributed by atoms with E-state index in [2.05, 4.69) is 92.9 Å². The van der Waals surface area contributed by atoms with Crippen LogP contribution in [0.5, 0.6) is 0 Å². The minimum absolute atomic E-state index is 0.534. The molecule has 2 aromatic carbocycles. The fourth-order valence-corrected chi connectivity index (χ4v) is 4.95. The summed E-state index contributed by atoms with van der Waals surface area (Å²) in [5, 5.41) is 7.08. The van der Waals surface area contributed by atoms with Crippen LogP contribution in [-0.4, -0.2) is 54.3 Å². The summed E-state index contributed by atoms with van der Waals surface area (Å²) in [5.41, 5.74) is 3.71. The van der Waals surface area contributed by atoms with Gasteiger partial charge in [-0.05, 0) is 56.1 Å². The molecule has 0 radical (unpaired) electrons. The number of anilines is 4. The maximum absolute atomic E-state index is 5.59. The molecule has 0 atom stereocenters. The topological polar surface area (TPSA) is 59.6 Å². The van der Waals surface area contributed by atoms with Crippen LogP contribution in [0.15, 0.2) is 60.7 Å². The molecule has 0 unspecified atom stereocenters. The molecule has 3 aromatic rings. The van der Waals surface area contributed by atoms with Crippen molar-refractivity contribution in [2.45, 2.75) is 32.7 Å². The maximum Gasteiger partial charge on any atom is 0.232 e. The highest BCUT2D eigenvalue weighted by Gasteiger charge is 2.22. The van der Waals surface area contributed by atoms with Crippen molar-refractivity contribution in [2.75, 3.05) is 59.3 Å². The van der Waals surface area contributed by atoms with E-state index in [1.54, 1.807) is 0 Å². The van der Waals surface area contributed by atoms with Gasteiger partial charge in [-0.3, -0.25) is 0 Å². The van der Waals surface area contributed by atoms with Crippen molar-refractivity contribution in [2.24, 2.45) is 0 Å². The Morgan fingerprint density at radius 3 is 2.06 bits per heavy atom. The molecule has 2 aliphatic heterocycles. The minimum Gasteiger partial charge on any atom is -0.368 e. The van der Waals surface area contributed by atoms with Gasteiger partial charge < -0.3 is 25.3 Å². The Balaban J connectivity index is 1.28. The van der Waals surface area contributed by atoms with Crippen LogP contribution in [0.1, 0.15) is 30.4 Å². The van der Waals surface area contributed by atoms with Crippen LogP contribution in [0.3, 0.4) is 0 Å². The Kier molecular flexibility index (Phi) is 7.81. The number of piperazine rings is 1. The van der Waals surface area contributed by atoms with Crippen molar-refractivity contribution in [1.29, 1.82) is 0 Å². The van der Waals surface area contributed by atoms with E-state index in [9.17, 15) is 0 Å². The Morgan fingerprint density at radius 2 is 1.39 bits per heavy atom. The quantitative estimate of drug-likeness (QED) is 0.476. The molecule has 8 heteroatoms. The molecule has 5 rings (SSSR count). The molecule has 0 spiro atoms. The van der Waals surface area contributed by atoms with E-state index in [1.807, 2.05) is 0 Å². The lowest BCUT2D eigenvalue weighted by Crippen LogP contribution is -2.47. The van der Waals surface area contributed by atoms with Gasteiger partial charge in [-0.15, -0.1) is 0 Å². The normalized spacial score (nSPS) is 16.1. The number of para-hydroxylation sites is 1. The number of piperidine rings is 1. The Hall–Kier alpha value is -3.39. The fourth-order valence-electron chi connectivity index (χ4n) is 4.79. The minimum atomic E-state index is 0.534. The van der Waals surface area contributed by atoms with Gasteiger partial charge in [0.1, 0.15) is 11.6 Å². The van der Waals surface area contributed by atoms with E-state index in [1.165, 1.54) is 36.1 Å². The van der Waals surface area contributed by atoms with Gasteiger partial charge in [-0.25, -0.2) is 0 Å². The first kappa shape index (κ1) is 24.3. The average Bonchev–Trinajstić information content (AvgIpc) is 2.94. The predicted molar refractivity (Wildman–Crippen MR) is 153 cm³/mol. The van der Waals surface area contributed by atoms with Crippen LogP contribution in [0.4, 0.5) is 23.3 Å². The number of hydrogen-bond acceptors (Lipinski definition) is 6. The van der Waals surface area contributed by atoms with Gasteiger partial charge in [0, 0.05) is 57.6 Å². The molecular formula is C28H35N7S. The van der Waals surface area contributed by atoms with Gasteiger partial charge in [0.15, 0.2) is 5.11 Å². The summed E-state index contributed by atoms with van der Waals surface area (Å²) >= 11 is 5.59. The molecule has 0 amide bonds. The summed E-state index contributed by atoms with van der Waals surface area (Å²) in [6.45, 7) is 8.59. The third kappa shape index (κ3) is 6.23. The van der Waals surface area contributed by atoms with Gasteiger partial charge in [-0.2, -0.15) is 9.97 Å². The molecule has 7 nitrogen and oxygen atoms in total. The largest absolute Gasteiger partial charge is 0.368 e. The molecule has 2 fully saturated rings. The lowest BCUT2D eigenvalue weighted by Gasteiger charge is -2.37. The second kappa shape index (κ2) is 11.6. The molecular weight excluding hydrogens is 466 g/mol. The molecule has 3 heterocycles. The number of aryl methyl sites for hydroxylation is 1. The highest BCUT2D eigenvalue weighted by Crippen LogP contribution is 2.26. The van der Waals surface area contributed by atoms with Crippen LogP contribution in [0.25, 0.3) is 0 Å². The van der Waals surface area contributed by atoms with Crippen molar-refractivity contribution in [3.63, 3.8) is 0 Å². The first-order valence-corrected chi connectivity index (χ1v) is 13.3. The number of benzene rings is 2. The van der Waals surface area contributed by atoms with Crippen LogP contribution in [0.2, 0.25) is 0 Å². The van der Waals surface area contributed by atoms with Crippen LogP contribution in [-0.2, 0) is 6.54 Å². The Labute approximate surface area is 219 Å². The van der Waals surface area contributed by atoms with Gasteiger partial charge in [0.25, 0.3) is 0 Å². The van der Waals surface area contributed by atoms with E-state index in [4.69, 9.17) is 22.2 Å². The standard InChI is InChI=1S/C28H35N7S/c1-22-10-12-23(13-11-22)21-29-28(36)32-27-30-25(34-14-6-3-7-15-34)20-26(31-27)35-18-16-33(17-19-35)24-8-4-2-5-9-24/h2,4-5,8-13,20H,3,6-7,14-19,21H2,1H3,(H2,29,30,31,32,36). The van der Waals surface area contributed by atoms with E-state index in [0.717, 1.165) is 50.9 Å². The van der Waals surface area contributed by atoms with E-state index in [0.29, 0.717) is 17.6 Å². The summed E-state index contributed by atoms with van der Waals surface area (Å²) in [7, 11) is 0. The Morgan fingerprint density at radius 1 is 0.778 bits per heavy atom. The molecule has 2 saturated heterocycles. The van der Waals surface area contributed by atoms with Crippen molar-refractivity contribution in [3.8, 4) is 0 Å². The summed E-state index contributed by atoms with van der Waals surface area (Å²) in [4.78, 5) is 16.9. The van der Waals surface area contributed by atoms with E-state index >= 15 is 0 Å². The molecule has 2 N–H and O–H groups in total. The highest BCUT2D eigenvalue weighted by atomic mass is 32.1. The number of rotatable bonds is 6. The van der Waals surface area contributed by atoms with E-state index in [-0.39, 0.29) is 0 Å². The van der Waals surface area contributed by atoms with Crippen molar-refractivity contribution >= 4 is 40.6 Å². The molecule has 2 aliphatic rings. The summed E-state index contributed by atoms with van der Waals surface area (Å²) in [5.74, 6) is 2.50. The zero-order chi connectivity index (χ0) is 24.7. The molecule has 0 aliphatic carbocycles. The molecule has 0 saturated carbocycles. The number of nitrogens with one attached hydrogen (secondary N) is 2. The Bertz CT molecular complexity index is 1140. The van der Waals surface area contributed by atoms with Crippen molar-refractivity contribution < 1.29 is 0 Å². The highest BCUT2D eigenvalue weighted by molar-refractivity contribution is 7.80. The molecule has 1 aromatic heterocycles. The number of nitrogens with zero attached hydrogens (tertiary/aromatic N) is 5. The summed E-state index contributed by atoms with van der Waals surface area (Å²) in [6.07, 6.45) is 3.69. The predicted octanol–water partition coefficient (Wildman–Crippen LogP) is 4.59. The van der Waals surface area contributed by atoms with Crippen LogP contribution >= 0.6 is 12.2 Å². The van der Waals surface area contributed by atoms with Crippen LogP contribution in [0, 0.1) is 6.92 Å². The van der Waals surface area contributed by atoms with Crippen LogP contribution < -0.4 is 25.3 Å². The second-order valence-corrected chi connectivity index (χ2v) is 9.97. The van der Waals surface area contributed by atoms with E-state index < -0.39 is 0 Å². The van der Waals surface area contributed by atoms with Crippen molar-refractivity contribution in [1.82, 2.24) is 15.3 Å². The average molecular weight is 502 g/mol. The smallest absolute Gasteiger partial charge is 0.232 e. The van der Waals surface area contributed by atoms with Gasteiger partial charge >= 0.3 is 0 Å². The molecule has 36 heavy (non-hydrogen) atoms. The number of aromatic nitrogens is 2. The third-order valence-corrected chi connectivity index (χ3v) is 7.15. The summed E-state index contributed by atoms with van der Waals surface area (Å²) < 4.78 is 0. The van der Waals surface area contributed by atoms with Gasteiger partial charge in [-0.1, -0.05) is 48.0 Å². The molecule has 0 bridgehead atoms. The lowest BCUT2D eigenvalue weighted by atomic mass is 10.1. The second-order valence-electron chi connectivity index (χ2n) is 9.56. The maximum atomic E-state index is 5.59. The number of hydrogen-bond donors (Lipinski definition) is 2. The zero-order valence-electron chi connectivity index (χ0n) is 21.0. The SMILES string of the molecule is Cc1ccc(CNC(=S)Nc2nc(N3CCCCC3)cc(N3CCN(c4ccccc4)CC3)n2)cc1. The van der Waals surface area contributed by atoms with Gasteiger partial charge in [0.2, 0.25) is 5.95 Å². The third-order valence-electron chi connectivity index (χ3n) is 6.90. The monoisotopic (exact) mass is 501 g/mol. The fraction of sp³-hybridized carbons (Fsp3) is 0.393. The lowest BCUT2D eigenvalue weighted by molar-refractivity contribution is 0.573. The summed E-state index contributed by atoms with van der Waals surface area (Å²) in [6, 6.07) is 21.2. The first-order valence-electron chi connectivity index (χ1n) is 12.9. The zero-order valence-corrected chi connectivity index (χ0v) is 21.8. The first-order chi connectivity index (χ1) is 17.6. The van der Waals surface area contributed by atoms with Crippen molar-refractivity contribution in [3.05, 3.63) is 71.8 Å².